The second kappa shape index (κ2) is 22.6. The number of nitrogens with one attached hydrogen (secondary N) is 3. The van der Waals surface area contributed by atoms with E-state index in [0.29, 0.717) is 40.7 Å². The lowest BCUT2D eigenvalue weighted by Gasteiger charge is -2.41. The van der Waals surface area contributed by atoms with Gasteiger partial charge in [-0.15, -0.1) is 11.8 Å². The molecule has 0 saturated heterocycles. The van der Waals surface area contributed by atoms with Gasteiger partial charge in [0.15, 0.2) is 0 Å². The van der Waals surface area contributed by atoms with Crippen LogP contribution in [-0.2, 0) is 35.3 Å². The first-order chi connectivity index (χ1) is 27.9. The highest BCUT2D eigenvalue weighted by atomic mass is 32.2. The van der Waals surface area contributed by atoms with Crippen molar-refractivity contribution < 1.29 is 48.5 Å². The molecule has 0 spiro atoms. The zero-order chi connectivity index (χ0) is 43.9. The highest BCUT2D eigenvalue weighted by Crippen LogP contribution is 2.41. The summed E-state index contributed by atoms with van der Waals surface area (Å²) in [5, 5.41) is 34.5. The third-order valence-electron chi connectivity index (χ3n) is 9.19. The normalized spacial score (nSPS) is 13.3. The molecule has 0 bridgehead atoms. The molecule has 320 valence electrons. The second-order valence-electron chi connectivity index (χ2n) is 14.8. The smallest absolute Gasteiger partial charge is 0.321 e. The Morgan fingerprint density at radius 3 is 2.22 bits per heavy atom. The number of aromatic nitrogens is 1. The minimum absolute atomic E-state index is 0.0102. The van der Waals surface area contributed by atoms with Crippen molar-refractivity contribution in [2.75, 3.05) is 38.5 Å². The van der Waals surface area contributed by atoms with Gasteiger partial charge in [-0.2, -0.15) is 0 Å². The summed E-state index contributed by atoms with van der Waals surface area (Å²) in [6.07, 6.45) is 3.03. The van der Waals surface area contributed by atoms with Crippen molar-refractivity contribution in [2.45, 2.75) is 63.5 Å². The number of benzene rings is 2. The number of rotatable bonds is 23. The number of thioether (sulfide) groups is 1. The standard InChI is InChI=1S/C41H54FN7O9S/c1-5-26-11-12-28(42)18-29(26)27-17-32(48(22-27)21-25-9-7-6-8-10-25)37(41(2,3)4)49(36(53)23-50)16-13-30(43)38(54)46-15-14-45-35(52)20-47-34(51)19-33(40(57)58)59-24-31(44)39(55)56/h5-12,17-18,22,30-31,33,37,50H,1,13-16,19-21,23-24,43-44H2,2-4H3,(H,45,52)(H,46,54)(H,47,51)(H,55,56)(H,57,58)/t30-,31-,33?,37-/m0/s1. The summed E-state index contributed by atoms with van der Waals surface area (Å²) < 4.78 is 16.6. The van der Waals surface area contributed by atoms with Crippen molar-refractivity contribution in [1.29, 1.82) is 0 Å². The third kappa shape index (κ3) is 14.6. The van der Waals surface area contributed by atoms with E-state index in [1.54, 1.807) is 12.1 Å². The van der Waals surface area contributed by atoms with Crippen LogP contribution in [0.2, 0.25) is 0 Å². The molecule has 0 saturated carbocycles. The van der Waals surface area contributed by atoms with Crippen molar-refractivity contribution in [2.24, 2.45) is 16.9 Å². The van der Waals surface area contributed by atoms with Crippen LogP contribution in [0.1, 0.15) is 56.5 Å². The highest BCUT2D eigenvalue weighted by molar-refractivity contribution is 8.00. The first-order valence-corrected chi connectivity index (χ1v) is 19.9. The van der Waals surface area contributed by atoms with E-state index in [-0.39, 0.29) is 31.8 Å². The Morgan fingerprint density at radius 1 is 0.932 bits per heavy atom. The first-order valence-electron chi connectivity index (χ1n) is 18.8. The summed E-state index contributed by atoms with van der Waals surface area (Å²) in [4.78, 5) is 74.9. The van der Waals surface area contributed by atoms with Gasteiger partial charge < -0.3 is 52.2 Å². The van der Waals surface area contributed by atoms with Gasteiger partial charge in [-0.25, -0.2) is 4.39 Å². The minimum atomic E-state index is -1.34. The number of nitrogens with zero attached hydrogens (tertiary/aromatic N) is 2. The molecule has 0 aliphatic heterocycles. The lowest BCUT2D eigenvalue weighted by Crippen LogP contribution is -2.48. The first kappa shape index (κ1) is 47.8. The molecule has 1 aromatic heterocycles. The number of aliphatic hydroxyl groups is 1. The zero-order valence-electron chi connectivity index (χ0n) is 33.4. The maximum atomic E-state index is 14.6. The number of nitrogens with two attached hydrogens (primary N) is 2. The van der Waals surface area contributed by atoms with E-state index in [0.717, 1.165) is 5.56 Å². The van der Waals surface area contributed by atoms with Gasteiger partial charge in [0.1, 0.15) is 23.7 Å². The Hall–Kier alpha value is -5.56. The molecule has 18 heteroatoms. The number of carboxylic acids is 2. The zero-order valence-corrected chi connectivity index (χ0v) is 34.2. The van der Waals surface area contributed by atoms with Gasteiger partial charge in [0.05, 0.1) is 18.6 Å². The predicted octanol–water partition coefficient (Wildman–Crippen LogP) is 1.95. The van der Waals surface area contributed by atoms with E-state index in [1.807, 2.05) is 67.9 Å². The number of aliphatic hydroxyl groups excluding tert-OH is 1. The second-order valence-corrected chi connectivity index (χ2v) is 16.1. The van der Waals surface area contributed by atoms with E-state index in [9.17, 15) is 43.4 Å². The van der Waals surface area contributed by atoms with Crippen LogP contribution in [0.25, 0.3) is 17.2 Å². The number of carbonyl (C=O) groups excluding carboxylic acids is 4. The maximum absolute atomic E-state index is 14.6. The predicted molar refractivity (Wildman–Crippen MR) is 222 cm³/mol. The molecule has 0 aliphatic carbocycles. The summed E-state index contributed by atoms with van der Waals surface area (Å²) in [7, 11) is 0. The number of aliphatic carboxylic acids is 2. The van der Waals surface area contributed by atoms with Crippen LogP contribution < -0.4 is 27.4 Å². The third-order valence-corrected chi connectivity index (χ3v) is 10.5. The van der Waals surface area contributed by atoms with Crippen LogP contribution >= 0.6 is 11.8 Å². The fraction of sp³-hybridized carbons (Fsp3) is 0.415. The van der Waals surface area contributed by atoms with E-state index in [1.165, 1.54) is 17.0 Å². The fourth-order valence-corrected chi connectivity index (χ4v) is 7.25. The molecule has 0 fully saturated rings. The lowest BCUT2D eigenvalue weighted by molar-refractivity contribution is -0.140. The molecule has 1 unspecified atom stereocenters. The van der Waals surface area contributed by atoms with Gasteiger partial charge in [0.2, 0.25) is 23.6 Å². The number of amides is 4. The molecule has 3 rings (SSSR count). The van der Waals surface area contributed by atoms with Crippen LogP contribution in [0.4, 0.5) is 4.39 Å². The number of hydrogen-bond acceptors (Lipinski definition) is 10. The van der Waals surface area contributed by atoms with Gasteiger partial charge in [-0.1, -0.05) is 69.8 Å². The van der Waals surface area contributed by atoms with E-state index in [4.69, 9.17) is 16.6 Å². The molecular weight excluding hydrogens is 786 g/mol. The average molecular weight is 840 g/mol. The van der Waals surface area contributed by atoms with Crippen LogP contribution in [0, 0.1) is 11.2 Å². The maximum Gasteiger partial charge on any atom is 0.321 e. The molecule has 0 aliphatic rings. The average Bonchev–Trinajstić information content (AvgIpc) is 3.59. The van der Waals surface area contributed by atoms with E-state index >= 15 is 0 Å². The number of halogens is 1. The van der Waals surface area contributed by atoms with Gasteiger partial charge in [-0.05, 0) is 46.7 Å². The summed E-state index contributed by atoms with van der Waals surface area (Å²) >= 11 is 0.699. The number of carbonyl (C=O) groups is 6. The van der Waals surface area contributed by atoms with Gasteiger partial charge in [0.25, 0.3) is 0 Å². The number of carboxylic acid groups (broad SMARTS) is 2. The topological polar surface area (TPSA) is 259 Å². The molecular formula is C41H54FN7O9S. The molecule has 1 heterocycles. The molecule has 59 heavy (non-hydrogen) atoms. The molecule has 16 nitrogen and oxygen atoms in total. The van der Waals surface area contributed by atoms with E-state index in [2.05, 4.69) is 22.5 Å². The Labute approximate surface area is 346 Å². The van der Waals surface area contributed by atoms with E-state index < -0.39 is 89.7 Å². The molecule has 4 atom stereocenters. The fourth-order valence-electron chi connectivity index (χ4n) is 6.26. The Kier molecular flexibility index (Phi) is 18.3. The monoisotopic (exact) mass is 839 g/mol. The summed E-state index contributed by atoms with van der Waals surface area (Å²) in [6, 6.07) is 13.0. The lowest BCUT2D eigenvalue weighted by atomic mass is 9.82. The highest BCUT2D eigenvalue weighted by Gasteiger charge is 2.37. The quantitative estimate of drug-likeness (QED) is 0.0638. The molecule has 0 radical (unpaired) electrons. The molecule has 10 N–H and O–H groups in total. The number of hydrogen-bond donors (Lipinski definition) is 8. The minimum Gasteiger partial charge on any atom is -0.480 e. The van der Waals surface area contributed by atoms with Crippen LogP contribution in [0.5, 0.6) is 0 Å². The van der Waals surface area contributed by atoms with Crippen LogP contribution in [-0.4, -0.2) is 116 Å². The van der Waals surface area contributed by atoms with Crippen molar-refractivity contribution in [1.82, 2.24) is 25.4 Å². The summed E-state index contributed by atoms with van der Waals surface area (Å²) in [5.41, 5.74) is 14.8. The van der Waals surface area contributed by atoms with Crippen LogP contribution in [0.3, 0.4) is 0 Å². The van der Waals surface area contributed by atoms with Crippen LogP contribution in [0.15, 0.2) is 67.4 Å². The summed E-state index contributed by atoms with van der Waals surface area (Å²) in [6.45, 7) is 8.81. The van der Waals surface area contributed by atoms with Gasteiger partial charge >= 0.3 is 11.9 Å². The van der Waals surface area contributed by atoms with Gasteiger partial charge in [-0.3, -0.25) is 28.8 Å². The van der Waals surface area contributed by atoms with Crippen molar-refractivity contribution in [3.63, 3.8) is 0 Å². The van der Waals surface area contributed by atoms with Gasteiger partial charge in [0, 0.05) is 55.8 Å². The van der Waals surface area contributed by atoms with Crippen molar-refractivity contribution in [3.8, 4) is 11.1 Å². The SMILES string of the molecule is C=Cc1ccc(F)cc1-c1cc([C@H](N(CC[C@H](N)C(=O)NCCNC(=O)CNC(=O)CC(SC[C@H](N)C(=O)O)C(=O)O)C(=O)CO)C(C)(C)C)n(Cc2ccccc2)c1. The molecule has 4 amide bonds. The largest absolute Gasteiger partial charge is 0.480 e. The molecule has 3 aromatic rings. The Balaban J connectivity index is 1.67. The van der Waals surface area contributed by atoms with Crippen molar-refractivity contribution in [3.05, 3.63) is 90.0 Å². The Morgan fingerprint density at radius 2 is 1.61 bits per heavy atom. The Bertz CT molecular complexity index is 1950. The summed E-state index contributed by atoms with van der Waals surface area (Å²) in [5.74, 6) is -5.81. The van der Waals surface area contributed by atoms with Crippen molar-refractivity contribution >= 4 is 53.4 Å². The molecule has 2 aromatic carbocycles.